The summed E-state index contributed by atoms with van der Waals surface area (Å²) in [6.07, 6.45) is -5.10. The number of aryl methyl sites for hydroxylation is 2. The highest BCUT2D eigenvalue weighted by Gasteiger charge is 2.33. The Kier molecular flexibility index (Phi) is 7.72. The van der Waals surface area contributed by atoms with Crippen molar-refractivity contribution in [3.8, 4) is 16.9 Å². The Labute approximate surface area is 220 Å². The number of carbonyl (C=O) groups is 1. The predicted octanol–water partition coefficient (Wildman–Crippen LogP) is 8.34. The lowest BCUT2D eigenvalue weighted by Gasteiger charge is -2.33. The largest absolute Gasteiger partial charge is 0.496 e. The van der Waals surface area contributed by atoms with Crippen molar-refractivity contribution in [3.63, 3.8) is 0 Å². The van der Waals surface area contributed by atoms with Crippen LogP contribution in [0.15, 0.2) is 48.5 Å². The van der Waals surface area contributed by atoms with Gasteiger partial charge in [-0.2, -0.15) is 13.2 Å². The fourth-order valence-electron chi connectivity index (χ4n) is 4.96. The highest BCUT2D eigenvalue weighted by Crippen LogP contribution is 2.40. The Balaban J connectivity index is 1.70. The van der Waals surface area contributed by atoms with Gasteiger partial charge >= 0.3 is 12.3 Å². The predicted molar refractivity (Wildman–Crippen MR) is 138 cm³/mol. The van der Waals surface area contributed by atoms with Crippen molar-refractivity contribution >= 4 is 6.09 Å². The molecule has 1 aliphatic rings. The standard InChI is InChI=1S/C30H31F4NO3/c1-17(2)24-14-25(28(37-5)15-26(24)31)23-7-6-22(30(32,33)34)13-21(23)16-35-9-8-27(38-29(35)36)20-11-18(3)10-19(4)12-20/h6-7,10-15,17,27H,8-9,16H2,1-5H3/t27-/m0/s1. The molecule has 202 valence electrons. The molecule has 1 saturated heterocycles. The van der Waals surface area contributed by atoms with Crippen LogP contribution in [-0.4, -0.2) is 24.6 Å². The zero-order valence-electron chi connectivity index (χ0n) is 22.1. The number of ether oxygens (including phenoxy) is 2. The third-order valence-corrected chi connectivity index (χ3v) is 6.80. The van der Waals surface area contributed by atoms with Gasteiger partial charge in [0.15, 0.2) is 0 Å². The molecule has 1 amide bonds. The van der Waals surface area contributed by atoms with Crippen LogP contribution in [0.5, 0.6) is 5.75 Å². The van der Waals surface area contributed by atoms with Crippen molar-refractivity contribution in [1.82, 2.24) is 4.90 Å². The molecule has 0 saturated carbocycles. The van der Waals surface area contributed by atoms with E-state index in [0.29, 0.717) is 29.7 Å². The molecule has 1 aliphatic heterocycles. The number of alkyl halides is 3. The molecule has 0 spiro atoms. The number of rotatable bonds is 6. The molecule has 0 aliphatic carbocycles. The quantitative estimate of drug-likeness (QED) is 0.301. The summed E-state index contributed by atoms with van der Waals surface area (Å²) in [5, 5.41) is 0. The van der Waals surface area contributed by atoms with Crippen molar-refractivity contribution in [2.75, 3.05) is 13.7 Å². The maximum absolute atomic E-state index is 14.7. The van der Waals surface area contributed by atoms with Crippen LogP contribution in [0.1, 0.15) is 65.7 Å². The normalized spacial score (nSPS) is 16.1. The van der Waals surface area contributed by atoms with Gasteiger partial charge in [0.25, 0.3) is 0 Å². The number of halogens is 4. The van der Waals surface area contributed by atoms with Crippen LogP contribution in [0.4, 0.5) is 22.4 Å². The minimum atomic E-state index is -4.57. The Morgan fingerprint density at radius 3 is 2.29 bits per heavy atom. The van der Waals surface area contributed by atoms with Crippen molar-refractivity contribution in [2.45, 2.75) is 58.9 Å². The summed E-state index contributed by atoms with van der Waals surface area (Å²) in [7, 11) is 1.38. The van der Waals surface area contributed by atoms with Gasteiger partial charge < -0.3 is 14.4 Å². The van der Waals surface area contributed by atoms with Crippen molar-refractivity contribution in [3.05, 3.63) is 87.7 Å². The van der Waals surface area contributed by atoms with Crippen LogP contribution in [0.2, 0.25) is 0 Å². The molecule has 38 heavy (non-hydrogen) atoms. The molecule has 0 unspecified atom stereocenters. The fourth-order valence-corrected chi connectivity index (χ4v) is 4.96. The highest BCUT2D eigenvalue weighted by molar-refractivity contribution is 5.76. The molecule has 3 aromatic rings. The lowest BCUT2D eigenvalue weighted by molar-refractivity contribution is -0.137. The summed E-state index contributed by atoms with van der Waals surface area (Å²) in [6, 6.07) is 12.2. The van der Waals surface area contributed by atoms with Gasteiger partial charge in [-0.25, -0.2) is 9.18 Å². The summed E-state index contributed by atoms with van der Waals surface area (Å²) in [5.41, 5.74) is 3.75. The van der Waals surface area contributed by atoms with Crippen LogP contribution in [-0.2, 0) is 17.5 Å². The lowest BCUT2D eigenvalue weighted by atomic mass is 9.92. The zero-order chi connectivity index (χ0) is 27.8. The Bertz CT molecular complexity index is 1330. The number of cyclic esters (lactones) is 1. The molecule has 4 rings (SSSR count). The van der Waals surface area contributed by atoms with E-state index in [9.17, 15) is 22.4 Å². The Morgan fingerprint density at radius 1 is 1.03 bits per heavy atom. The molecule has 1 atom stereocenters. The summed E-state index contributed by atoms with van der Waals surface area (Å²) in [5.74, 6) is -0.410. The van der Waals surface area contributed by atoms with Crippen molar-refractivity contribution < 1.29 is 31.8 Å². The van der Waals surface area contributed by atoms with Crippen LogP contribution in [0.25, 0.3) is 11.1 Å². The van der Waals surface area contributed by atoms with E-state index in [-0.39, 0.29) is 23.8 Å². The molecule has 4 nitrogen and oxygen atoms in total. The lowest BCUT2D eigenvalue weighted by Crippen LogP contribution is -2.38. The van der Waals surface area contributed by atoms with E-state index < -0.39 is 29.8 Å². The summed E-state index contributed by atoms with van der Waals surface area (Å²) in [6.45, 7) is 7.81. The summed E-state index contributed by atoms with van der Waals surface area (Å²) < 4.78 is 66.7. The summed E-state index contributed by atoms with van der Waals surface area (Å²) in [4.78, 5) is 14.4. The second kappa shape index (κ2) is 10.7. The number of hydrogen-bond acceptors (Lipinski definition) is 3. The van der Waals surface area contributed by atoms with Gasteiger partial charge in [-0.15, -0.1) is 0 Å². The van der Waals surface area contributed by atoms with Gasteiger partial charge in [-0.1, -0.05) is 49.2 Å². The molecule has 8 heteroatoms. The first-order chi connectivity index (χ1) is 17.9. The van der Waals surface area contributed by atoms with Crippen LogP contribution in [0.3, 0.4) is 0 Å². The third kappa shape index (κ3) is 5.79. The van der Waals surface area contributed by atoms with Gasteiger partial charge in [0.1, 0.15) is 17.7 Å². The van der Waals surface area contributed by atoms with E-state index in [1.54, 1.807) is 6.07 Å². The van der Waals surface area contributed by atoms with Gasteiger partial charge in [0.05, 0.1) is 12.7 Å². The third-order valence-electron chi connectivity index (χ3n) is 6.80. The monoisotopic (exact) mass is 529 g/mol. The zero-order valence-corrected chi connectivity index (χ0v) is 22.1. The number of methoxy groups -OCH3 is 1. The SMILES string of the molecule is COc1cc(F)c(C(C)C)cc1-c1ccc(C(F)(F)F)cc1CN1CC[C@@H](c2cc(C)cc(C)c2)OC1=O. The minimum Gasteiger partial charge on any atom is -0.496 e. The highest BCUT2D eigenvalue weighted by atomic mass is 19.4. The molecular weight excluding hydrogens is 498 g/mol. The molecule has 1 fully saturated rings. The number of benzene rings is 3. The van der Waals surface area contributed by atoms with E-state index in [1.807, 2.05) is 45.9 Å². The van der Waals surface area contributed by atoms with E-state index >= 15 is 0 Å². The molecule has 0 radical (unpaired) electrons. The Hall–Kier alpha value is -3.55. The number of hydrogen-bond donors (Lipinski definition) is 0. The molecule has 1 heterocycles. The van der Waals surface area contributed by atoms with Gasteiger partial charge in [-0.05, 0) is 60.2 Å². The first-order valence-electron chi connectivity index (χ1n) is 12.5. The number of nitrogens with zero attached hydrogens (tertiary/aromatic N) is 1. The first kappa shape index (κ1) is 27.5. The maximum Gasteiger partial charge on any atom is 0.416 e. The van der Waals surface area contributed by atoms with Crippen molar-refractivity contribution in [1.29, 1.82) is 0 Å². The fraction of sp³-hybridized carbons (Fsp3) is 0.367. The number of amides is 1. The average molecular weight is 530 g/mol. The maximum atomic E-state index is 14.7. The van der Waals surface area contributed by atoms with Gasteiger partial charge in [0, 0.05) is 31.1 Å². The second-order valence-electron chi connectivity index (χ2n) is 10.1. The van der Waals surface area contributed by atoms with E-state index in [4.69, 9.17) is 9.47 Å². The van der Waals surface area contributed by atoms with Crippen molar-refractivity contribution in [2.24, 2.45) is 0 Å². The molecule has 0 N–H and O–H groups in total. The minimum absolute atomic E-state index is 0.102. The van der Waals surface area contributed by atoms with Crippen LogP contribution in [0, 0.1) is 19.7 Å². The molecule has 0 aromatic heterocycles. The molecule has 3 aromatic carbocycles. The smallest absolute Gasteiger partial charge is 0.416 e. The Morgan fingerprint density at radius 2 is 1.71 bits per heavy atom. The van der Waals surface area contributed by atoms with Gasteiger partial charge in [-0.3, -0.25) is 0 Å². The molecule has 0 bridgehead atoms. The average Bonchev–Trinajstić information content (AvgIpc) is 2.83. The molecular formula is C30H31F4NO3. The summed E-state index contributed by atoms with van der Waals surface area (Å²) >= 11 is 0. The van der Waals surface area contributed by atoms with E-state index in [0.717, 1.165) is 28.8 Å². The van der Waals surface area contributed by atoms with E-state index in [1.165, 1.54) is 24.1 Å². The van der Waals surface area contributed by atoms with E-state index in [2.05, 4.69) is 0 Å². The van der Waals surface area contributed by atoms with Crippen LogP contribution < -0.4 is 4.74 Å². The van der Waals surface area contributed by atoms with Crippen LogP contribution >= 0.6 is 0 Å². The topological polar surface area (TPSA) is 38.8 Å². The van der Waals surface area contributed by atoms with Gasteiger partial charge in [0.2, 0.25) is 0 Å². The first-order valence-corrected chi connectivity index (χ1v) is 12.5. The number of carbonyl (C=O) groups excluding carboxylic acids is 1. The second-order valence-corrected chi connectivity index (χ2v) is 10.1.